The molecular formula is C18H24N4O3S. The van der Waals surface area contributed by atoms with Gasteiger partial charge in [0.2, 0.25) is 0 Å². The Balaban J connectivity index is 1.36. The number of H-pyrrole nitrogens is 1. The van der Waals surface area contributed by atoms with Gasteiger partial charge in [-0.3, -0.25) is 4.79 Å². The molecule has 0 aromatic carbocycles. The van der Waals surface area contributed by atoms with Crippen molar-refractivity contribution in [1.29, 1.82) is 0 Å². The molecule has 1 aliphatic heterocycles. The number of carbonyl (C=O) groups excluding carboxylic acids is 1. The molecule has 0 spiro atoms. The number of piperidine rings is 1. The zero-order valence-corrected chi connectivity index (χ0v) is 15.5. The van der Waals surface area contributed by atoms with Crippen molar-refractivity contribution in [3.63, 3.8) is 0 Å². The molecule has 2 N–H and O–H groups in total. The predicted octanol–water partition coefficient (Wildman–Crippen LogP) is 2.58. The van der Waals surface area contributed by atoms with Gasteiger partial charge in [-0.1, -0.05) is 0 Å². The Bertz CT molecular complexity index is 747. The number of urea groups is 1. The molecule has 0 bridgehead atoms. The maximum atomic E-state index is 12.4. The van der Waals surface area contributed by atoms with Gasteiger partial charge in [0.1, 0.15) is 5.76 Å². The van der Waals surface area contributed by atoms with Crippen LogP contribution in [0.1, 0.15) is 36.6 Å². The molecule has 0 saturated carbocycles. The number of nitrogens with zero attached hydrogens (tertiary/aromatic N) is 2. The molecule has 26 heavy (non-hydrogen) atoms. The zero-order valence-electron chi connectivity index (χ0n) is 14.6. The topological polar surface area (TPSA) is 91.2 Å². The van der Waals surface area contributed by atoms with Crippen molar-refractivity contribution in [2.75, 3.05) is 25.4 Å². The molecular weight excluding hydrogens is 352 g/mol. The van der Waals surface area contributed by atoms with Gasteiger partial charge in [0.25, 0.3) is 5.56 Å². The summed E-state index contributed by atoms with van der Waals surface area (Å²) in [7, 11) is 0. The lowest BCUT2D eigenvalue weighted by molar-refractivity contribution is 0.179. The van der Waals surface area contributed by atoms with Gasteiger partial charge in [0, 0.05) is 31.6 Å². The highest BCUT2D eigenvalue weighted by atomic mass is 32.2. The van der Waals surface area contributed by atoms with Crippen LogP contribution >= 0.6 is 11.8 Å². The highest BCUT2D eigenvalue weighted by molar-refractivity contribution is 7.98. The number of nitrogens with one attached hydrogen (secondary N) is 2. The van der Waals surface area contributed by atoms with Gasteiger partial charge in [-0.05, 0) is 37.1 Å². The van der Waals surface area contributed by atoms with Gasteiger partial charge in [0.05, 0.1) is 24.0 Å². The fourth-order valence-corrected chi connectivity index (χ4v) is 3.92. The van der Waals surface area contributed by atoms with Gasteiger partial charge >= 0.3 is 6.03 Å². The van der Waals surface area contributed by atoms with E-state index in [9.17, 15) is 9.59 Å². The van der Waals surface area contributed by atoms with Crippen LogP contribution in [0.25, 0.3) is 0 Å². The number of rotatable bonds is 7. The van der Waals surface area contributed by atoms with E-state index in [2.05, 4.69) is 15.3 Å². The molecule has 0 aliphatic carbocycles. The first-order chi connectivity index (χ1) is 12.7. The summed E-state index contributed by atoms with van der Waals surface area (Å²) in [6.45, 7) is 2.02. The Kier molecular flexibility index (Phi) is 6.76. The van der Waals surface area contributed by atoms with Crippen LogP contribution in [-0.4, -0.2) is 46.3 Å². The molecule has 1 unspecified atom stereocenters. The van der Waals surface area contributed by atoms with E-state index < -0.39 is 0 Å². The maximum absolute atomic E-state index is 12.4. The number of carbonyl (C=O) groups is 1. The molecule has 7 nitrogen and oxygen atoms in total. The average molecular weight is 376 g/mol. The van der Waals surface area contributed by atoms with Crippen molar-refractivity contribution < 1.29 is 9.21 Å². The second-order valence-corrected chi connectivity index (χ2v) is 7.44. The molecule has 2 amide bonds. The van der Waals surface area contributed by atoms with Crippen molar-refractivity contribution in [3.8, 4) is 0 Å². The van der Waals surface area contributed by atoms with E-state index >= 15 is 0 Å². The molecule has 140 valence electrons. The first-order valence-electron chi connectivity index (χ1n) is 8.90. The van der Waals surface area contributed by atoms with E-state index in [4.69, 9.17) is 4.42 Å². The Hall–Kier alpha value is -2.22. The maximum Gasteiger partial charge on any atom is 0.317 e. The zero-order chi connectivity index (χ0) is 18.2. The van der Waals surface area contributed by atoms with Crippen LogP contribution in [0.2, 0.25) is 0 Å². The minimum absolute atomic E-state index is 0.0319. The SMILES string of the molecule is O=C(NCCCSCc1ccco1)N1CCCC(c2cc(=O)[nH]cn2)C1. The van der Waals surface area contributed by atoms with Crippen LogP contribution in [0, 0.1) is 0 Å². The molecule has 3 heterocycles. The van der Waals surface area contributed by atoms with E-state index in [0.717, 1.165) is 48.8 Å². The Morgan fingerprint density at radius 3 is 3.23 bits per heavy atom. The first-order valence-corrected chi connectivity index (χ1v) is 10.1. The molecule has 1 aliphatic rings. The number of likely N-dealkylation sites (tertiary alicyclic amines) is 1. The van der Waals surface area contributed by atoms with Gasteiger partial charge in [-0.15, -0.1) is 0 Å². The summed E-state index contributed by atoms with van der Waals surface area (Å²) in [4.78, 5) is 32.4. The summed E-state index contributed by atoms with van der Waals surface area (Å²) >= 11 is 1.80. The van der Waals surface area contributed by atoms with Gasteiger partial charge in [-0.2, -0.15) is 11.8 Å². The normalized spacial score (nSPS) is 17.2. The van der Waals surface area contributed by atoms with Crippen LogP contribution in [0.15, 0.2) is 40.0 Å². The second kappa shape index (κ2) is 9.47. The Morgan fingerprint density at radius 1 is 1.50 bits per heavy atom. The van der Waals surface area contributed by atoms with Crippen molar-refractivity contribution in [2.24, 2.45) is 0 Å². The van der Waals surface area contributed by atoms with Crippen LogP contribution in [0.4, 0.5) is 4.79 Å². The number of hydrogen-bond donors (Lipinski definition) is 2. The van der Waals surface area contributed by atoms with Crippen molar-refractivity contribution in [1.82, 2.24) is 20.2 Å². The quantitative estimate of drug-likeness (QED) is 0.725. The van der Waals surface area contributed by atoms with Crippen LogP contribution in [0.5, 0.6) is 0 Å². The van der Waals surface area contributed by atoms with Gasteiger partial charge in [0.15, 0.2) is 0 Å². The summed E-state index contributed by atoms with van der Waals surface area (Å²) in [5.41, 5.74) is 0.615. The molecule has 1 fully saturated rings. The molecule has 1 atom stereocenters. The number of hydrogen-bond acceptors (Lipinski definition) is 5. The van der Waals surface area contributed by atoms with Crippen LogP contribution < -0.4 is 10.9 Å². The highest BCUT2D eigenvalue weighted by Gasteiger charge is 2.25. The fourth-order valence-electron chi connectivity index (χ4n) is 3.06. The number of furan rings is 1. The lowest BCUT2D eigenvalue weighted by Gasteiger charge is -2.32. The van der Waals surface area contributed by atoms with E-state index in [-0.39, 0.29) is 17.5 Å². The summed E-state index contributed by atoms with van der Waals surface area (Å²) in [5, 5.41) is 2.99. The smallest absolute Gasteiger partial charge is 0.317 e. The monoisotopic (exact) mass is 376 g/mol. The summed E-state index contributed by atoms with van der Waals surface area (Å²) in [5.74, 6) is 2.94. The minimum atomic E-state index is -0.149. The van der Waals surface area contributed by atoms with Gasteiger partial charge < -0.3 is 19.6 Å². The molecule has 3 rings (SSSR count). The minimum Gasteiger partial charge on any atom is -0.468 e. The Morgan fingerprint density at radius 2 is 2.42 bits per heavy atom. The van der Waals surface area contributed by atoms with E-state index in [1.54, 1.807) is 18.0 Å². The van der Waals surface area contributed by atoms with Crippen LogP contribution in [-0.2, 0) is 5.75 Å². The summed E-state index contributed by atoms with van der Waals surface area (Å²) in [6.07, 6.45) is 5.90. The van der Waals surface area contributed by atoms with Gasteiger partial charge in [-0.25, -0.2) is 9.78 Å². The molecule has 0 radical (unpaired) electrons. The third-order valence-corrected chi connectivity index (χ3v) is 5.46. The standard InChI is InChI=1S/C18H24N4O3S/c23-17-10-16(20-13-21-17)14-4-1-7-22(11-14)18(24)19-6-3-9-26-12-15-5-2-8-25-15/h2,5,8,10,13-14H,1,3-4,6-7,9,11-12H2,(H,19,24)(H,20,21,23). The molecule has 8 heteroatoms. The van der Waals surface area contributed by atoms with E-state index in [0.29, 0.717) is 13.1 Å². The summed E-state index contributed by atoms with van der Waals surface area (Å²) < 4.78 is 5.29. The van der Waals surface area contributed by atoms with Crippen molar-refractivity contribution in [2.45, 2.75) is 30.9 Å². The van der Waals surface area contributed by atoms with Crippen molar-refractivity contribution in [3.05, 3.63) is 52.6 Å². The van der Waals surface area contributed by atoms with E-state index in [1.165, 1.54) is 12.4 Å². The lowest BCUT2D eigenvalue weighted by Crippen LogP contribution is -2.45. The summed E-state index contributed by atoms with van der Waals surface area (Å²) in [6, 6.07) is 5.36. The first kappa shape index (κ1) is 18.6. The predicted molar refractivity (Wildman–Crippen MR) is 101 cm³/mol. The molecule has 2 aromatic heterocycles. The number of thioether (sulfide) groups is 1. The largest absolute Gasteiger partial charge is 0.468 e. The third-order valence-electron chi connectivity index (χ3n) is 4.39. The molecule has 2 aromatic rings. The Labute approximate surface area is 156 Å². The molecule has 1 saturated heterocycles. The fraction of sp³-hybridized carbons (Fsp3) is 0.500. The third kappa shape index (κ3) is 5.39. The van der Waals surface area contributed by atoms with Crippen molar-refractivity contribution >= 4 is 17.8 Å². The number of aromatic amines is 1. The number of amides is 2. The second-order valence-electron chi connectivity index (χ2n) is 6.34. The van der Waals surface area contributed by atoms with E-state index in [1.807, 2.05) is 17.0 Å². The average Bonchev–Trinajstić information content (AvgIpc) is 3.18. The number of aromatic nitrogens is 2. The highest BCUT2D eigenvalue weighted by Crippen LogP contribution is 2.24. The van der Waals surface area contributed by atoms with Crippen LogP contribution in [0.3, 0.4) is 0 Å². The lowest BCUT2D eigenvalue weighted by atomic mass is 9.95.